The molecule has 0 saturated carbocycles. The van der Waals surface area contributed by atoms with E-state index in [4.69, 9.17) is 4.42 Å². The Bertz CT molecular complexity index is 949. The number of para-hydroxylation sites is 1. The van der Waals surface area contributed by atoms with Crippen molar-refractivity contribution in [2.45, 2.75) is 0 Å². The van der Waals surface area contributed by atoms with E-state index in [-0.39, 0.29) is 18.1 Å². The van der Waals surface area contributed by atoms with Crippen LogP contribution < -0.4 is 5.32 Å². The monoisotopic (exact) mass is 343 g/mol. The summed E-state index contributed by atoms with van der Waals surface area (Å²) in [5.74, 6) is 1.45. The summed E-state index contributed by atoms with van der Waals surface area (Å²) in [4.78, 5) is 15.0. The number of amidine groups is 1. The molecule has 7 heteroatoms. The van der Waals surface area contributed by atoms with E-state index >= 15 is 0 Å². The third-order valence-corrected chi connectivity index (χ3v) is 3.82. The second-order valence-corrected chi connectivity index (χ2v) is 5.30. The lowest BCUT2D eigenvalue weighted by molar-refractivity contribution is -0.384. The van der Waals surface area contributed by atoms with Gasteiger partial charge in [-0.2, -0.15) is 0 Å². The standard InChI is InChI=1S/C17H13N3O3.ClH/c21-20(22)13-5-1-3-11(9-13)14-6-2-4-12-10-15(23-16(12)14)17-18-7-8-19-17;/h1-6,9-10H,7-8H2,(H,18,19);1H. The van der Waals surface area contributed by atoms with Gasteiger partial charge in [0.2, 0.25) is 0 Å². The topological polar surface area (TPSA) is 80.7 Å². The highest BCUT2D eigenvalue weighted by atomic mass is 35.5. The van der Waals surface area contributed by atoms with E-state index in [1.54, 1.807) is 12.1 Å². The van der Waals surface area contributed by atoms with E-state index in [0.717, 1.165) is 35.4 Å². The number of furan rings is 1. The molecule has 1 aliphatic rings. The summed E-state index contributed by atoms with van der Waals surface area (Å²) in [6.07, 6.45) is 0. The lowest BCUT2D eigenvalue weighted by Gasteiger charge is -2.02. The maximum absolute atomic E-state index is 11.0. The van der Waals surface area contributed by atoms with Crippen molar-refractivity contribution < 1.29 is 9.34 Å². The molecule has 0 unspecified atom stereocenters. The molecule has 0 radical (unpaired) electrons. The first-order valence-corrected chi connectivity index (χ1v) is 7.28. The molecular weight excluding hydrogens is 330 g/mol. The van der Waals surface area contributed by atoms with Gasteiger partial charge in [0.15, 0.2) is 11.6 Å². The fourth-order valence-electron chi connectivity index (χ4n) is 2.76. The lowest BCUT2D eigenvalue weighted by Crippen LogP contribution is -2.18. The van der Waals surface area contributed by atoms with E-state index in [9.17, 15) is 10.1 Å². The first-order valence-electron chi connectivity index (χ1n) is 7.28. The first-order chi connectivity index (χ1) is 11.2. The number of nitrogens with zero attached hydrogens (tertiary/aromatic N) is 2. The number of hydrogen-bond acceptors (Lipinski definition) is 5. The van der Waals surface area contributed by atoms with Crippen molar-refractivity contribution in [2.75, 3.05) is 13.1 Å². The van der Waals surface area contributed by atoms with E-state index in [0.29, 0.717) is 11.3 Å². The Morgan fingerprint density at radius 2 is 2.00 bits per heavy atom. The fraction of sp³-hybridized carbons (Fsp3) is 0.118. The third kappa shape index (κ3) is 2.72. The Kier molecular flexibility index (Phi) is 4.22. The molecule has 2 heterocycles. The van der Waals surface area contributed by atoms with Gasteiger partial charge in [0.05, 0.1) is 11.5 Å². The van der Waals surface area contributed by atoms with Crippen molar-refractivity contribution in [1.29, 1.82) is 0 Å². The Balaban J connectivity index is 0.00000169. The van der Waals surface area contributed by atoms with Gasteiger partial charge in [-0.1, -0.05) is 30.3 Å². The highest BCUT2D eigenvalue weighted by Gasteiger charge is 2.16. The summed E-state index contributed by atoms with van der Waals surface area (Å²) < 4.78 is 5.97. The maximum Gasteiger partial charge on any atom is 0.270 e. The Labute approximate surface area is 143 Å². The summed E-state index contributed by atoms with van der Waals surface area (Å²) in [6.45, 7) is 1.55. The van der Waals surface area contributed by atoms with E-state index in [1.165, 1.54) is 6.07 Å². The molecule has 1 aromatic heterocycles. The molecule has 24 heavy (non-hydrogen) atoms. The van der Waals surface area contributed by atoms with Crippen LogP contribution in [0.1, 0.15) is 5.76 Å². The van der Waals surface area contributed by atoms with Gasteiger partial charge in [-0.25, -0.2) is 0 Å². The molecule has 1 N–H and O–H groups in total. The number of rotatable bonds is 3. The molecule has 0 fully saturated rings. The van der Waals surface area contributed by atoms with Crippen LogP contribution in [0.5, 0.6) is 0 Å². The number of nitro groups is 1. The number of benzene rings is 2. The molecular formula is C17H14ClN3O3. The van der Waals surface area contributed by atoms with E-state index in [2.05, 4.69) is 10.3 Å². The van der Waals surface area contributed by atoms with Crippen LogP contribution in [-0.4, -0.2) is 23.8 Å². The molecule has 0 bridgehead atoms. The minimum Gasteiger partial charge on any atom is -0.452 e. The van der Waals surface area contributed by atoms with Crippen molar-refractivity contribution >= 4 is 34.9 Å². The van der Waals surface area contributed by atoms with Crippen LogP contribution in [0.25, 0.3) is 22.1 Å². The van der Waals surface area contributed by atoms with E-state index < -0.39 is 4.92 Å². The smallest absolute Gasteiger partial charge is 0.270 e. The summed E-state index contributed by atoms with van der Waals surface area (Å²) in [7, 11) is 0. The van der Waals surface area contributed by atoms with Crippen LogP contribution in [-0.2, 0) is 0 Å². The van der Waals surface area contributed by atoms with Gasteiger partial charge in [-0.15, -0.1) is 12.4 Å². The van der Waals surface area contributed by atoms with Crippen molar-refractivity contribution in [2.24, 2.45) is 4.99 Å². The quantitative estimate of drug-likeness (QED) is 0.579. The fourth-order valence-corrected chi connectivity index (χ4v) is 2.76. The summed E-state index contributed by atoms with van der Waals surface area (Å²) in [5, 5.41) is 15.1. The minimum atomic E-state index is -0.394. The third-order valence-electron chi connectivity index (χ3n) is 3.82. The Hall–Kier alpha value is -2.86. The molecule has 0 saturated heterocycles. The van der Waals surface area contributed by atoms with Crippen molar-refractivity contribution in [3.8, 4) is 11.1 Å². The number of hydrogen-bond donors (Lipinski definition) is 1. The average Bonchev–Trinajstić information content (AvgIpc) is 3.23. The zero-order chi connectivity index (χ0) is 15.8. The van der Waals surface area contributed by atoms with Gasteiger partial charge in [0, 0.05) is 29.6 Å². The number of aliphatic imine (C=N–C) groups is 1. The molecule has 6 nitrogen and oxygen atoms in total. The van der Waals surface area contributed by atoms with Crippen molar-refractivity contribution in [1.82, 2.24) is 5.32 Å². The lowest BCUT2D eigenvalue weighted by atomic mass is 10.0. The largest absolute Gasteiger partial charge is 0.452 e. The van der Waals surface area contributed by atoms with E-state index in [1.807, 2.05) is 30.3 Å². The SMILES string of the molecule is Cl.O=[N+]([O-])c1cccc(-c2cccc3cc(C4=NCCN4)oc23)c1. The Morgan fingerprint density at radius 1 is 1.17 bits per heavy atom. The van der Waals surface area contributed by atoms with Gasteiger partial charge in [-0.3, -0.25) is 15.1 Å². The molecule has 1 aliphatic heterocycles. The number of fused-ring (bicyclic) bond motifs is 1. The van der Waals surface area contributed by atoms with Gasteiger partial charge >= 0.3 is 0 Å². The second-order valence-electron chi connectivity index (χ2n) is 5.30. The van der Waals surface area contributed by atoms with Gasteiger partial charge in [0.25, 0.3) is 5.69 Å². The zero-order valence-corrected chi connectivity index (χ0v) is 13.4. The van der Waals surface area contributed by atoms with Crippen LogP contribution in [0.4, 0.5) is 5.69 Å². The predicted octanol–water partition coefficient (Wildman–Crippen LogP) is 3.78. The van der Waals surface area contributed by atoms with Gasteiger partial charge in [0.1, 0.15) is 5.58 Å². The first kappa shape index (κ1) is 16.0. The molecule has 3 aromatic rings. The number of non-ortho nitro benzene ring substituents is 1. The van der Waals surface area contributed by atoms with Crippen LogP contribution in [0.2, 0.25) is 0 Å². The number of nitrogens with one attached hydrogen (secondary N) is 1. The van der Waals surface area contributed by atoms with Crippen LogP contribution >= 0.6 is 12.4 Å². The summed E-state index contributed by atoms with van der Waals surface area (Å²) in [5.41, 5.74) is 2.36. The van der Waals surface area contributed by atoms with Gasteiger partial charge in [-0.05, 0) is 11.6 Å². The number of halogens is 1. The Morgan fingerprint density at radius 3 is 2.75 bits per heavy atom. The maximum atomic E-state index is 11.0. The van der Waals surface area contributed by atoms with Crippen LogP contribution in [0.3, 0.4) is 0 Å². The highest BCUT2D eigenvalue weighted by Crippen LogP contribution is 2.32. The molecule has 2 aromatic carbocycles. The average molecular weight is 344 g/mol. The van der Waals surface area contributed by atoms with Crippen LogP contribution in [0, 0.1) is 10.1 Å². The molecule has 0 amide bonds. The predicted molar refractivity (Wildman–Crippen MR) is 95.0 cm³/mol. The molecule has 0 atom stereocenters. The van der Waals surface area contributed by atoms with Gasteiger partial charge < -0.3 is 9.73 Å². The number of nitro benzene ring substituents is 1. The molecule has 0 aliphatic carbocycles. The second kappa shape index (κ2) is 6.33. The molecule has 4 rings (SSSR count). The van der Waals surface area contributed by atoms with Crippen molar-refractivity contribution in [3.05, 3.63) is 64.4 Å². The van der Waals surface area contributed by atoms with Crippen LogP contribution in [0.15, 0.2) is 57.9 Å². The minimum absolute atomic E-state index is 0. The normalized spacial score (nSPS) is 13.2. The van der Waals surface area contributed by atoms with Crippen molar-refractivity contribution in [3.63, 3.8) is 0 Å². The molecule has 122 valence electrons. The highest BCUT2D eigenvalue weighted by molar-refractivity contribution is 6.03. The molecule has 0 spiro atoms. The summed E-state index contributed by atoms with van der Waals surface area (Å²) in [6, 6.07) is 14.3. The zero-order valence-electron chi connectivity index (χ0n) is 12.6. The summed E-state index contributed by atoms with van der Waals surface area (Å²) >= 11 is 0.